The van der Waals surface area contributed by atoms with Gasteiger partial charge in [-0.25, -0.2) is 0 Å². The molecule has 2 unspecified atom stereocenters. The third kappa shape index (κ3) is 2.98. The molecule has 0 aliphatic heterocycles. The standard InChI is InChI=1S/C20H16N2O3/c23-21(19-13-5-9-15-7-1-3-11-17(15)19)25-22(24)20-14-6-10-16-8-2-4-12-18(16)20/h1-14,21-22H. The van der Waals surface area contributed by atoms with Gasteiger partial charge in [-0.15, -0.1) is 10.5 Å². The van der Waals surface area contributed by atoms with Crippen molar-refractivity contribution in [2.75, 3.05) is 0 Å². The summed E-state index contributed by atoms with van der Waals surface area (Å²) >= 11 is 0. The molecule has 0 bridgehead atoms. The van der Waals surface area contributed by atoms with Gasteiger partial charge in [-0.3, -0.25) is 0 Å². The first-order valence-electron chi connectivity index (χ1n) is 7.96. The lowest BCUT2D eigenvalue weighted by Gasteiger charge is -2.25. The Morgan fingerprint density at radius 3 is 1.40 bits per heavy atom. The van der Waals surface area contributed by atoms with Gasteiger partial charge in [-0.05, 0) is 22.9 Å². The summed E-state index contributed by atoms with van der Waals surface area (Å²) in [5.74, 6) is 0. The fraction of sp³-hybridized carbons (Fsp3) is 0. The molecule has 2 N–H and O–H groups in total. The number of quaternary nitrogens is 2. The molecular formula is C20H16N2O3. The highest BCUT2D eigenvalue weighted by atomic mass is 17.1. The maximum Gasteiger partial charge on any atom is 0.176 e. The van der Waals surface area contributed by atoms with Gasteiger partial charge in [0.05, 0.1) is 0 Å². The van der Waals surface area contributed by atoms with Crippen molar-refractivity contribution in [1.29, 1.82) is 0 Å². The zero-order valence-corrected chi connectivity index (χ0v) is 13.3. The van der Waals surface area contributed by atoms with Crippen LogP contribution in [0.2, 0.25) is 0 Å². The fourth-order valence-electron chi connectivity index (χ4n) is 3.00. The smallest absolute Gasteiger partial charge is 0.176 e. The molecule has 5 nitrogen and oxygen atoms in total. The van der Waals surface area contributed by atoms with Crippen molar-refractivity contribution >= 4 is 32.9 Å². The first-order valence-corrected chi connectivity index (χ1v) is 7.96. The van der Waals surface area contributed by atoms with Gasteiger partial charge in [0.2, 0.25) is 0 Å². The minimum absolute atomic E-state index is 0.381. The SMILES string of the molecule is [O-][NH+](O[NH+]([O-])c1cccc2ccccc12)c1cccc2ccccc12. The summed E-state index contributed by atoms with van der Waals surface area (Å²) in [5.41, 5.74) is 0.762. The highest BCUT2D eigenvalue weighted by molar-refractivity contribution is 5.91. The third-order valence-corrected chi connectivity index (χ3v) is 4.20. The molecular weight excluding hydrogens is 316 g/mol. The third-order valence-electron chi connectivity index (χ3n) is 4.20. The molecule has 25 heavy (non-hydrogen) atoms. The Kier molecular flexibility index (Phi) is 4.15. The Balaban J connectivity index is 1.66. The average molecular weight is 332 g/mol. The number of rotatable bonds is 4. The quantitative estimate of drug-likeness (QED) is 0.565. The zero-order chi connectivity index (χ0) is 17.2. The summed E-state index contributed by atoms with van der Waals surface area (Å²) in [7, 11) is 0. The molecule has 0 aliphatic rings. The molecule has 0 fully saturated rings. The van der Waals surface area contributed by atoms with E-state index in [-0.39, 0.29) is 0 Å². The Morgan fingerprint density at radius 2 is 0.920 bits per heavy atom. The van der Waals surface area contributed by atoms with Crippen molar-refractivity contribution in [3.05, 3.63) is 95.3 Å². The second-order valence-corrected chi connectivity index (χ2v) is 5.73. The van der Waals surface area contributed by atoms with Crippen LogP contribution in [0.3, 0.4) is 0 Å². The number of benzene rings is 4. The van der Waals surface area contributed by atoms with Crippen molar-refractivity contribution < 1.29 is 15.4 Å². The van der Waals surface area contributed by atoms with Gasteiger partial charge >= 0.3 is 0 Å². The summed E-state index contributed by atoms with van der Waals surface area (Å²) in [6.45, 7) is 0. The van der Waals surface area contributed by atoms with E-state index in [9.17, 15) is 10.4 Å². The van der Waals surface area contributed by atoms with E-state index < -0.39 is 10.5 Å². The molecule has 4 rings (SSSR count). The van der Waals surface area contributed by atoms with Gasteiger partial charge in [0.15, 0.2) is 11.4 Å². The molecule has 0 amide bonds. The van der Waals surface area contributed by atoms with Crippen LogP contribution in [-0.4, -0.2) is 0 Å². The van der Waals surface area contributed by atoms with E-state index in [0.717, 1.165) is 21.5 Å². The van der Waals surface area contributed by atoms with E-state index in [2.05, 4.69) is 0 Å². The molecule has 124 valence electrons. The van der Waals surface area contributed by atoms with Crippen LogP contribution in [0.4, 0.5) is 11.4 Å². The van der Waals surface area contributed by atoms with Gasteiger partial charge in [-0.1, -0.05) is 60.7 Å². The lowest BCUT2D eigenvalue weighted by Crippen LogP contribution is -3.20. The molecule has 0 aliphatic carbocycles. The second kappa shape index (κ2) is 6.60. The predicted molar refractivity (Wildman–Crippen MR) is 97.0 cm³/mol. The van der Waals surface area contributed by atoms with E-state index in [1.807, 2.05) is 60.7 Å². The first kappa shape index (κ1) is 15.7. The van der Waals surface area contributed by atoms with Crippen LogP contribution in [0.25, 0.3) is 21.5 Å². The number of hydrogen-bond acceptors (Lipinski definition) is 3. The normalized spacial score (nSPS) is 13.8. The molecule has 0 spiro atoms. The van der Waals surface area contributed by atoms with Gasteiger partial charge in [0.1, 0.15) is 0 Å². The maximum absolute atomic E-state index is 12.5. The molecule has 5 heteroatoms. The number of hydrogen-bond donors (Lipinski definition) is 2. The lowest BCUT2D eigenvalue weighted by molar-refractivity contribution is -1.26. The molecule has 0 heterocycles. The fourth-order valence-corrected chi connectivity index (χ4v) is 3.00. The number of fused-ring (bicyclic) bond motifs is 2. The lowest BCUT2D eigenvalue weighted by atomic mass is 10.1. The van der Waals surface area contributed by atoms with E-state index in [0.29, 0.717) is 11.4 Å². The molecule has 0 saturated heterocycles. The maximum atomic E-state index is 12.5. The summed E-state index contributed by atoms with van der Waals surface area (Å²) in [4.78, 5) is 5.16. The second-order valence-electron chi connectivity index (χ2n) is 5.73. The average Bonchev–Trinajstić information content (AvgIpc) is 2.67. The van der Waals surface area contributed by atoms with Gasteiger partial charge in [0, 0.05) is 27.8 Å². The Morgan fingerprint density at radius 1 is 0.520 bits per heavy atom. The van der Waals surface area contributed by atoms with Crippen LogP contribution in [0.5, 0.6) is 0 Å². The molecule has 0 saturated carbocycles. The van der Waals surface area contributed by atoms with Gasteiger partial charge in [-0.2, -0.15) is 0 Å². The van der Waals surface area contributed by atoms with Crippen molar-refractivity contribution in [3.63, 3.8) is 0 Å². The monoisotopic (exact) mass is 332 g/mol. The van der Waals surface area contributed by atoms with Crippen molar-refractivity contribution in [2.45, 2.75) is 0 Å². The van der Waals surface area contributed by atoms with E-state index in [4.69, 9.17) is 4.94 Å². The minimum Gasteiger partial charge on any atom is -0.590 e. The molecule has 0 radical (unpaired) electrons. The Labute approximate surface area is 144 Å². The summed E-state index contributed by atoms with van der Waals surface area (Å²) in [6, 6.07) is 25.7. The van der Waals surface area contributed by atoms with Crippen molar-refractivity contribution in [2.24, 2.45) is 0 Å². The van der Waals surface area contributed by atoms with Crippen molar-refractivity contribution in [1.82, 2.24) is 0 Å². The van der Waals surface area contributed by atoms with Crippen molar-refractivity contribution in [3.8, 4) is 0 Å². The van der Waals surface area contributed by atoms with E-state index in [1.165, 1.54) is 0 Å². The van der Waals surface area contributed by atoms with Crippen LogP contribution in [-0.2, 0) is 4.94 Å². The van der Waals surface area contributed by atoms with Gasteiger partial charge < -0.3 is 10.4 Å². The van der Waals surface area contributed by atoms with E-state index >= 15 is 0 Å². The molecule has 4 aromatic carbocycles. The largest absolute Gasteiger partial charge is 0.590 e. The summed E-state index contributed by atoms with van der Waals surface area (Å²) < 4.78 is 0. The first-order chi connectivity index (χ1) is 12.2. The van der Waals surface area contributed by atoms with Crippen LogP contribution in [0.1, 0.15) is 0 Å². The van der Waals surface area contributed by atoms with Crippen LogP contribution in [0, 0.1) is 10.4 Å². The number of nitrogens with one attached hydrogen (secondary N) is 2. The predicted octanol–water partition coefficient (Wildman–Crippen LogP) is 2.57. The summed E-state index contributed by atoms with van der Waals surface area (Å²) in [5, 5.41) is 27.2. The highest BCUT2D eigenvalue weighted by Gasteiger charge is 2.16. The Bertz CT molecular complexity index is 941. The zero-order valence-electron chi connectivity index (χ0n) is 13.3. The highest BCUT2D eigenvalue weighted by Crippen LogP contribution is 2.21. The topological polar surface area (TPSA) is 64.2 Å². The molecule has 0 aromatic heterocycles. The Hall–Kier alpha value is -2.80. The van der Waals surface area contributed by atoms with Gasteiger partial charge in [0.25, 0.3) is 0 Å². The molecule has 4 aromatic rings. The van der Waals surface area contributed by atoms with Crippen LogP contribution >= 0.6 is 0 Å². The molecule has 2 atom stereocenters. The van der Waals surface area contributed by atoms with Crippen LogP contribution in [0.15, 0.2) is 84.9 Å². The van der Waals surface area contributed by atoms with Crippen LogP contribution < -0.4 is 10.5 Å². The van der Waals surface area contributed by atoms with E-state index in [1.54, 1.807) is 24.3 Å². The summed E-state index contributed by atoms with van der Waals surface area (Å²) in [6.07, 6.45) is 0. The minimum atomic E-state index is -0.644.